The summed E-state index contributed by atoms with van der Waals surface area (Å²) in [6.45, 7) is 2.82. The minimum atomic E-state index is -0.939. The smallest absolute Gasteiger partial charge is 0.303 e. The van der Waals surface area contributed by atoms with Crippen LogP contribution in [0, 0.1) is 0 Å². The van der Waals surface area contributed by atoms with Crippen molar-refractivity contribution in [3.8, 4) is 0 Å². The Morgan fingerprint density at radius 1 is 1.33 bits per heavy atom. The molecule has 0 aromatic rings. The first-order valence-corrected chi connectivity index (χ1v) is 5.07. The Kier molecular flexibility index (Phi) is 6.70. The quantitative estimate of drug-likeness (QED) is 0.642. The number of rotatable bonds is 7. The molecule has 0 aromatic heterocycles. The largest absolute Gasteiger partial charge is 0.481 e. The number of hydrogen-bond acceptors (Lipinski definition) is 3. The first-order chi connectivity index (χ1) is 6.91. The number of carboxylic acid groups (broad SMARTS) is 1. The van der Waals surface area contributed by atoms with Gasteiger partial charge in [0, 0.05) is 12.5 Å². The Morgan fingerprint density at radius 3 is 2.40 bits per heavy atom. The van der Waals surface area contributed by atoms with Crippen molar-refractivity contribution in [3.05, 3.63) is 0 Å². The molecule has 0 aliphatic heterocycles. The lowest BCUT2D eigenvalue weighted by Gasteiger charge is -2.16. The predicted molar refractivity (Wildman–Crippen MR) is 57.6 cm³/mol. The number of carbonyl (C=O) groups is 2. The van der Waals surface area contributed by atoms with E-state index in [4.69, 9.17) is 5.11 Å². The van der Waals surface area contributed by atoms with Gasteiger partial charge in [0.15, 0.2) is 0 Å². The fourth-order valence-corrected chi connectivity index (χ4v) is 1.09. The summed E-state index contributed by atoms with van der Waals surface area (Å²) in [7, 11) is 3.94. The molecule has 0 fully saturated rings. The van der Waals surface area contributed by atoms with Gasteiger partial charge in [-0.25, -0.2) is 0 Å². The third-order valence-electron chi connectivity index (χ3n) is 1.98. The second-order valence-corrected chi connectivity index (χ2v) is 3.95. The van der Waals surface area contributed by atoms with Crippen molar-refractivity contribution in [2.75, 3.05) is 20.6 Å². The summed E-state index contributed by atoms with van der Waals surface area (Å²) < 4.78 is 0. The van der Waals surface area contributed by atoms with Gasteiger partial charge in [0.1, 0.15) is 0 Å². The van der Waals surface area contributed by atoms with Crippen LogP contribution in [0.2, 0.25) is 0 Å². The van der Waals surface area contributed by atoms with Gasteiger partial charge in [-0.15, -0.1) is 0 Å². The molecule has 88 valence electrons. The first-order valence-electron chi connectivity index (χ1n) is 5.07. The standard InChI is InChI=1S/C10H20N2O3/c1-8(6-7-12(2)3)11-9(13)4-5-10(14)15/h8H,4-7H2,1-3H3,(H,11,13)(H,14,15). The fraction of sp³-hybridized carbons (Fsp3) is 0.800. The Hall–Kier alpha value is -1.10. The molecule has 0 saturated heterocycles. The van der Waals surface area contributed by atoms with Crippen molar-refractivity contribution in [2.45, 2.75) is 32.2 Å². The monoisotopic (exact) mass is 216 g/mol. The molecule has 0 rings (SSSR count). The zero-order valence-electron chi connectivity index (χ0n) is 9.62. The van der Waals surface area contributed by atoms with Crippen LogP contribution in [0.15, 0.2) is 0 Å². The van der Waals surface area contributed by atoms with E-state index in [1.54, 1.807) is 0 Å². The van der Waals surface area contributed by atoms with E-state index < -0.39 is 5.97 Å². The Labute approximate surface area is 90.5 Å². The summed E-state index contributed by atoms with van der Waals surface area (Å²) in [5, 5.41) is 11.1. The number of nitrogens with zero attached hydrogens (tertiary/aromatic N) is 1. The number of aliphatic carboxylic acids is 1. The van der Waals surface area contributed by atoms with E-state index in [2.05, 4.69) is 5.32 Å². The van der Waals surface area contributed by atoms with E-state index in [0.717, 1.165) is 13.0 Å². The van der Waals surface area contributed by atoms with Gasteiger partial charge >= 0.3 is 5.97 Å². The van der Waals surface area contributed by atoms with Crippen molar-refractivity contribution in [3.63, 3.8) is 0 Å². The van der Waals surface area contributed by atoms with Crippen molar-refractivity contribution < 1.29 is 14.7 Å². The summed E-state index contributed by atoms with van der Waals surface area (Å²) in [4.78, 5) is 23.5. The number of carboxylic acids is 1. The topological polar surface area (TPSA) is 69.6 Å². The van der Waals surface area contributed by atoms with Gasteiger partial charge in [-0.1, -0.05) is 0 Å². The van der Waals surface area contributed by atoms with Crippen molar-refractivity contribution in [1.82, 2.24) is 10.2 Å². The lowest BCUT2D eigenvalue weighted by Crippen LogP contribution is -2.34. The van der Waals surface area contributed by atoms with Crippen molar-refractivity contribution in [1.29, 1.82) is 0 Å². The summed E-state index contributed by atoms with van der Waals surface area (Å²) in [6, 6.07) is 0.0914. The molecule has 2 N–H and O–H groups in total. The van der Waals surface area contributed by atoms with Crippen LogP contribution in [0.25, 0.3) is 0 Å². The van der Waals surface area contributed by atoms with Crippen LogP contribution in [-0.4, -0.2) is 48.6 Å². The van der Waals surface area contributed by atoms with Crippen molar-refractivity contribution >= 4 is 11.9 Å². The molecule has 0 aliphatic carbocycles. The molecule has 0 heterocycles. The summed E-state index contributed by atoms with van der Waals surface area (Å²) in [5.41, 5.74) is 0. The molecule has 1 atom stereocenters. The van der Waals surface area contributed by atoms with Gasteiger partial charge in [0.2, 0.25) is 5.91 Å². The molecule has 5 nitrogen and oxygen atoms in total. The van der Waals surface area contributed by atoms with Crippen LogP contribution < -0.4 is 5.32 Å². The molecule has 0 spiro atoms. The van der Waals surface area contributed by atoms with Gasteiger partial charge < -0.3 is 15.3 Å². The summed E-state index contributed by atoms with van der Waals surface area (Å²) >= 11 is 0. The molecular formula is C10H20N2O3. The minimum absolute atomic E-state index is 0.0572. The molecular weight excluding hydrogens is 196 g/mol. The van der Waals surface area contributed by atoms with Gasteiger partial charge in [0.05, 0.1) is 6.42 Å². The van der Waals surface area contributed by atoms with E-state index in [1.165, 1.54) is 0 Å². The van der Waals surface area contributed by atoms with E-state index in [0.29, 0.717) is 0 Å². The maximum absolute atomic E-state index is 11.2. The van der Waals surface area contributed by atoms with Crippen LogP contribution in [0.4, 0.5) is 0 Å². The van der Waals surface area contributed by atoms with E-state index in [9.17, 15) is 9.59 Å². The third kappa shape index (κ3) is 9.21. The highest BCUT2D eigenvalue weighted by atomic mass is 16.4. The zero-order chi connectivity index (χ0) is 11.8. The highest BCUT2D eigenvalue weighted by molar-refractivity contribution is 5.80. The molecule has 0 aliphatic rings. The van der Waals surface area contributed by atoms with Gasteiger partial charge in [0.25, 0.3) is 0 Å². The van der Waals surface area contributed by atoms with E-state index in [1.807, 2.05) is 25.9 Å². The number of nitrogens with one attached hydrogen (secondary N) is 1. The summed E-state index contributed by atoms with van der Waals surface area (Å²) in [6.07, 6.45) is 0.819. The molecule has 5 heteroatoms. The Balaban J connectivity index is 3.62. The SMILES string of the molecule is CC(CCN(C)C)NC(=O)CCC(=O)O. The number of amides is 1. The first kappa shape index (κ1) is 13.9. The summed E-state index contributed by atoms with van der Waals surface area (Å²) in [5.74, 6) is -1.13. The lowest BCUT2D eigenvalue weighted by molar-refractivity contribution is -0.138. The lowest BCUT2D eigenvalue weighted by atomic mass is 10.2. The predicted octanol–water partition coefficient (Wildman–Crippen LogP) is 0.308. The number of carbonyl (C=O) groups excluding carboxylic acids is 1. The van der Waals surface area contributed by atoms with Crippen LogP contribution in [0.1, 0.15) is 26.2 Å². The minimum Gasteiger partial charge on any atom is -0.481 e. The van der Waals surface area contributed by atoms with E-state index in [-0.39, 0.29) is 24.8 Å². The second-order valence-electron chi connectivity index (χ2n) is 3.95. The highest BCUT2D eigenvalue weighted by Gasteiger charge is 2.09. The van der Waals surface area contributed by atoms with Crippen LogP contribution in [0.3, 0.4) is 0 Å². The van der Waals surface area contributed by atoms with Crippen LogP contribution >= 0.6 is 0 Å². The zero-order valence-corrected chi connectivity index (χ0v) is 9.62. The van der Waals surface area contributed by atoms with Crippen LogP contribution in [-0.2, 0) is 9.59 Å². The maximum Gasteiger partial charge on any atom is 0.303 e. The van der Waals surface area contributed by atoms with Crippen LogP contribution in [0.5, 0.6) is 0 Å². The Morgan fingerprint density at radius 2 is 1.93 bits per heavy atom. The molecule has 0 saturated carbocycles. The molecule has 0 bridgehead atoms. The third-order valence-corrected chi connectivity index (χ3v) is 1.98. The van der Waals surface area contributed by atoms with Crippen molar-refractivity contribution in [2.24, 2.45) is 0 Å². The molecule has 1 unspecified atom stereocenters. The number of hydrogen-bond donors (Lipinski definition) is 2. The second kappa shape index (κ2) is 7.23. The van der Waals surface area contributed by atoms with Gasteiger partial charge in [-0.05, 0) is 34.0 Å². The molecule has 15 heavy (non-hydrogen) atoms. The fourth-order valence-electron chi connectivity index (χ4n) is 1.09. The van der Waals surface area contributed by atoms with Gasteiger partial charge in [-0.3, -0.25) is 9.59 Å². The average molecular weight is 216 g/mol. The molecule has 1 amide bonds. The highest BCUT2D eigenvalue weighted by Crippen LogP contribution is 1.95. The van der Waals surface area contributed by atoms with Gasteiger partial charge in [-0.2, -0.15) is 0 Å². The molecule has 0 aromatic carbocycles. The normalized spacial score (nSPS) is 12.5. The maximum atomic E-state index is 11.2. The average Bonchev–Trinajstić information content (AvgIpc) is 2.11. The molecule has 0 radical (unpaired) electrons. The van der Waals surface area contributed by atoms with E-state index >= 15 is 0 Å². The Bertz CT molecular complexity index is 217.